The molecule has 0 bridgehead atoms. The summed E-state index contributed by atoms with van der Waals surface area (Å²) in [6.45, 7) is 3.57. The smallest absolute Gasteiger partial charge is 0.0630 e. The summed E-state index contributed by atoms with van der Waals surface area (Å²) in [6, 6.07) is 2.43. The lowest BCUT2D eigenvalue weighted by Crippen LogP contribution is -2.45. The molecular formula is C10H13BrClNOS. The number of hydrogen-bond donors (Lipinski definition) is 0. The van der Waals surface area contributed by atoms with Gasteiger partial charge in [0, 0.05) is 29.3 Å². The van der Waals surface area contributed by atoms with E-state index in [-0.39, 0.29) is 0 Å². The van der Waals surface area contributed by atoms with Gasteiger partial charge in [0.05, 0.1) is 18.2 Å². The highest BCUT2D eigenvalue weighted by molar-refractivity contribution is 9.09. The molecule has 0 aromatic carbocycles. The van der Waals surface area contributed by atoms with Crippen molar-refractivity contribution < 1.29 is 4.74 Å². The quantitative estimate of drug-likeness (QED) is 0.796. The Morgan fingerprint density at radius 3 is 3.20 bits per heavy atom. The van der Waals surface area contributed by atoms with Crippen molar-refractivity contribution >= 4 is 38.9 Å². The molecule has 2 nitrogen and oxygen atoms in total. The Bertz CT molecular complexity index is 320. The monoisotopic (exact) mass is 309 g/mol. The van der Waals surface area contributed by atoms with Crippen molar-refractivity contribution in [2.24, 2.45) is 0 Å². The van der Waals surface area contributed by atoms with Crippen LogP contribution in [0.4, 0.5) is 0 Å². The van der Waals surface area contributed by atoms with Gasteiger partial charge in [-0.25, -0.2) is 0 Å². The van der Waals surface area contributed by atoms with Crippen LogP contribution in [0.1, 0.15) is 4.88 Å². The van der Waals surface area contributed by atoms with Crippen molar-refractivity contribution in [2.75, 3.05) is 25.1 Å². The number of rotatable bonds is 3. The molecule has 1 aliphatic heterocycles. The van der Waals surface area contributed by atoms with Gasteiger partial charge in [-0.1, -0.05) is 27.5 Å². The summed E-state index contributed by atoms with van der Waals surface area (Å²) < 4.78 is 5.45. The van der Waals surface area contributed by atoms with E-state index in [0.717, 1.165) is 36.7 Å². The van der Waals surface area contributed by atoms with Gasteiger partial charge in [0.2, 0.25) is 0 Å². The normalized spacial score (nSPS) is 23.2. The van der Waals surface area contributed by atoms with Crippen molar-refractivity contribution in [3.8, 4) is 0 Å². The fraction of sp³-hybridized carbons (Fsp3) is 0.600. The number of alkyl halides is 1. The van der Waals surface area contributed by atoms with E-state index in [1.54, 1.807) is 11.3 Å². The Hall–Kier alpha value is 0.390. The van der Waals surface area contributed by atoms with Crippen LogP contribution in [0, 0.1) is 0 Å². The van der Waals surface area contributed by atoms with Gasteiger partial charge in [-0.2, -0.15) is 0 Å². The SMILES string of the molecule is Clc1ccsc1CN1CCOCC1CBr. The molecule has 0 saturated carbocycles. The Morgan fingerprint density at radius 2 is 2.53 bits per heavy atom. The number of nitrogens with zero attached hydrogens (tertiary/aromatic N) is 1. The zero-order valence-corrected chi connectivity index (χ0v) is 11.4. The lowest BCUT2D eigenvalue weighted by molar-refractivity contribution is -0.00165. The van der Waals surface area contributed by atoms with Gasteiger partial charge in [-0.3, -0.25) is 4.90 Å². The van der Waals surface area contributed by atoms with Crippen molar-refractivity contribution in [1.82, 2.24) is 4.90 Å². The van der Waals surface area contributed by atoms with Crippen LogP contribution in [0.2, 0.25) is 5.02 Å². The zero-order valence-electron chi connectivity index (χ0n) is 8.29. The maximum absolute atomic E-state index is 6.09. The van der Waals surface area contributed by atoms with E-state index in [4.69, 9.17) is 16.3 Å². The first-order chi connectivity index (χ1) is 7.31. The van der Waals surface area contributed by atoms with Gasteiger partial charge in [-0.05, 0) is 11.4 Å². The molecule has 1 unspecified atom stereocenters. The van der Waals surface area contributed by atoms with Crippen LogP contribution in [0.25, 0.3) is 0 Å². The minimum atomic E-state index is 0.469. The Labute approximate surface area is 107 Å². The lowest BCUT2D eigenvalue weighted by atomic mass is 10.2. The third-order valence-corrected chi connectivity index (χ3v) is 4.68. The molecule has 1 saturated heterocycles. The molecule has 5 heteroatoms. The molecule has 1 fully saturated rings. The van der Waals surface area contributed by atoms with Crippen molar-refractivity contribution in [2.45, 2.75) is 12.6 Å². The third kappa shape index (κ3) is 2.94. The minimum Gasteiger partial charge on any atom is -0.378 e. The van der Waals surface area contributed by atoms with Gasteiger partial charge in [0.25, 0.3) is 0 Å². The Balaban J connectivity index is 2.00. The molecule has 0 aliphatic carbocycles. The highest BCUT2D eigenvalue weighted by atomic mass is 79.9. The molecule has 0 amide bonds. The van der Waals surface area contributed by atoms with Gasteiger partial charge >= 0.3 is 0 Å². The van der Waals surface area contributed by atoms with Crippen LogP contribution in [0.15, 0.2) is 11.4 Å². The van der Waals surface area contributed by atoms with Gasteiger partial charge in [0.1, 0.15) is 0 Å². The molecular weight excluding hydrogens is 298 g/mol. The van der Waals surface area contributed by atoms with Crippen molar-refractivity contribution in [3.63, 3.8) is 0 Å². The van der Waals surface area contributed by atoms with Crippen LogP contribution in [-0.4, -0.2) is 36.0 Å². The van der Waals surface area contributed by atoms with Crippen LogP contribution in [-0.2, 0) is 11.3 Å². The predicted octanol–water partition coefficient (Wildman–Crippen LogP) is 3.00. The van der Waals surface area contributed by atoms with Crippen LogP contribution in [0.5, 0.6) is 0 Å². The topological polar surface area (TPSA) is 12.5 Å². The van der Waals surface area contributed by atoms with Gasteiger partial charge < -0.3 is 4.74 Å². The molecule has 84 valence electrons. The average molecular weight is 311 g/mol. The van der Waals surface area contributed by atoms with Crippen LogP contribution >= 0.6 is 38.9 Å². The first kappa shape index (κ1) is 11.9. The van der Waals surface area contributed by atoms with E-state index in [2.05, 4.69) is 20.8 Å². The summed E-state index contributed by atoms with van der Waals surface area (Å²) in [7, 11) is 0. The molecule has 0 radical (unpaired) electrons. The summed E-state index contributed by atoms with van der Waals surface area (Å²) >= 11 is 11.3. The average Bonchev–Trinajstić information content (AvgIpc) is 2.65. The van der Waals surface area contributed by atoms with E-state index in [1.165, 1.54) is 4.88 Å². The van der Waals surface area contributed by atoms with E-state index in [0.29, 0.717) is 6.04 Å². The zero-order chi connectivity index (χ0) is 10.7. The van der Waals surface area contributed by atoms with Gasteiger partial charge in [0.15, 0.2) is 0 Å². The highest BCUT2D eigenvalue weighted by Crippen LogP contribution is 2.25. The van der Waals surface area contributed by atoms with Crippen molar-refractivity contribution in [3.05, 3.63) is 21.3 Å². The second-order valence-electron chi connectivity index (χ2n) is 3.55. The van der Waals surface area contributed by atoms with E-state index < -0.39 is 0 Å². The summed E-state index contributed by atoms with van der Waals surface area (Å²) in [5.41, 5.74) is 0. The summed E-state index contributed by atoms with van der Waals surface area (Å²) in [6.07, 6.45) is 0. The Kier molecular flexibility index (Phi) is 4.46. The maximum atomic E-state index is 6.09. The standard InChI is InChI=1S/C10H13BrClNOS/c11-5-8-7-14-3-2-13(8)6-10-9(12)1-4-15-10/h1,4,8H,2-3,5-7H2. The lowest BCUT2D eigenvalue weighted by Gasteiger charge is -2.34. The summed E-state index contributed by atoms with van der Waals surface area (Å²) in [5.74, 6) is 0. The summed E-state index contributed by atoms with van der Waals surface area (Å²) in [5, 5.41) is 3.89. The fourth-order valence-electron chi connectivity index (χ4n) is 1.66. The minimum absolute atomic E-state index is 0.469. The molecule has 15 heavy (non-hydrogen) atoms. The molecule has 2 heterocycles. The third-order valence-electron chi connectivity index (χ3n) is 2.57. The van der Waals surface area contributed by atoms with Crippen molar-refractivity contribution in [1.29, 1.82) is 0 Å². The second kappa shape index (κ2) is 5.64. The molecule has 1 aliphatic rings. The molecule has 2 rings (SSSR count). The number of thiophene rings is 1. The summed E-state index contributed by atoms with van der Waals surface area (Å²) in [4.78, 5) is 3.68. The van der Waals surface area contributed by atoms with E-state index in [1.807, 2.05) is 11.4 Å². The van der Waals surface area contributed by atoms with Crippen LogP contribution < -0.4 is 0 Å². The molecule has 0 spiro atoms. The number of hydrogen-bond acceptors (Lipinski definition) is 3. The van der Waals surface area contributed by atoms with E-state index >= 15 is 0 Å². The first-order valence-corrected chi connectivity index (χ1v) is 7.29. The number of halogens is 2. The predicted molar refractivity (Wildman–Crippen MR) is 68.1 cm³/mol. The number of ether oxygens (including phenoxy) is 1. The largest absolute Gasteiger partial charge is 0.378 e. The van der Waals surface area contributed by atoms with Crippen LogP contribution in [0.3, 0.4) is 0 Å². The highest BCUT2D eigenvalue weighted by Gasteiger charge is 2.22. The molecule has 1 atom stereocenters. The Morgan fingerprint density at radius 1 is 1.67 bits per heavy atom. The van der Waals surface area contributed by atoms with Gasteiger partial charge in [-0.15, -0.1) is 11.3 Å². The van der Waals surface area contributed by atoms with E-state index in [9.17, 15) is 0 Å². The maximum Gasteiger partial charge on any atom is 0.0630 e. The number of morpholine rings is 1. The first-order valence-electron chi connectivity index (χ1n) is 4.91. The molecule has 1 aromatic rings. The fourth-order valence-corrected chi connectivity index (χ4v) is 3.38. The molecule has 0 N–H and O–H groups in total. The second-order valence-corrected chi connectivity index (χ2v) is 5.60. The molecule has 1 aromatic heterocycles.